The van der Waals surface area contributed by atoms with Gasteiger partial charge in [-0.1, -0.05) is 6.92 Å². The molecule has 0 aromatic heterocycles. The zero-order valence-corrected chi connectivity index (χ0v) is 11.8. The zero-order valence-electron chi connectivity index (χ0n) is 11.8. The summed E-state index contributed by atoms with van der Waals surface area (Å²) >= 11 is 0. The van der Waals surface area contributed by atoms with E-state index in [2.05, 4.69) is 12.2 Å². The summed E-state index contributed by atoms with van der Waals surface area (Å²) in [4.78, 5) is 23.0. The van der Waals surface area contributed by atoms with Gasteiger partial charge in [0.2, 0.25) is 5.91 Å². The number of aliphatic carboxylic acids is 1. The molecular formula is C14H23NO5. The Morgan fingerprint density at radius 1 is 1.20 bits per heavy atom. The first kappa shape index (κ1) is 15.3. The van der Waals surface area contributed by atoms with Gasteiger partial charge in [0.1, 0.15) is 6.10 Å². The van der Waals surface area contributed by atoms with Crippen LogP contribution in [-0.2, 0) is 14.3 Å². The van der Waals surface area contributed by atoms with Crippen LogP contribution in [0.4, 0.5) is 0 Å². The normalized spacial score (nSPS) is 37.6. The largest absolute Gasteiger partial charge is 0.479 e. The molecule has 0 bridgehead atoms. The van der Waals surface area contributed by atoms with Gasteiger partial charge in [0.05, 0.1) is 12.1 Å². The molecular weight excluding hydrogens is 262 g/mol. The molecule has 114 valence electrons. The number of hydrogen-bond acceptors (Lipinski definition) is 4. The molecule has 2 unspecified atom stereocenters. The maximum absolute atomic E-state index is 12.2. The van der Waals surface area contributed by atoms with Crippen molar-refractivity contribution in [3.8, 4) is 0 Å². The van der Waals surface area contributed by atoms with Crippen LogP contribution in [0.3, 0.4) is 0 Å². The van der Waals surface area contributed by atoms with Crippen LogP contribution in [0.1, 0.15) is 45.4 Å². The number of carbonyl (C=O) groups excluding carboxylic acids is 1. The minimum Gasteiger partial charge on any atom is -0.479 e. The minimum atomic E-state index is -1.02. The van der Waals surface area contributed by atoms with Crippen LogP contribution >= 0.6 is 0 Å². The Labute approximate surface area is 118 Å². The fourth-order valence-electron chi connectivity index (χ4n) is 2.99. The van der Waals surface area contributed by atoms with E-state index in [1.807, 2.05) is 0 Å². The summed E-state index contributed by atoms with van der Waals surface area (Å²) in [6.07, 6.45) is 2.64. The predicted octanol–water partition coefficient (Wildman–Crippen LogP) is 0.676. The Kier molecular flexibility index (Phi) is 4.65. The van der Waals surface area contributed by atoms with Crippen LogP contribution in [0, 0.1) is 5.92 Å². The third-order valence-electron chi connectivity index (χ3n) is 4.51. The van der Waals surface area contributed by atoms with Crippen LogP contribution in [-0.4, -0.2) is 46.4 Å². The highest BCUT2D eigenvalue weighted by molar-refractivity contribution is 5.83. The molecule has 0 spiro atoms. The van der Waals surface area contributed by atoms with Gasteiger partial charge in [-0.05, 0) is 44.4 Å². The first-order chi connectivity index (χ1) is 9.46. The number of aliphatic hydroxyl groups excluding tert-OH is 1. The molecule has 3 N–H and O–H groups in total. The number of carbonyl (C=O) groups is 2. The van der Waals surface area contributed by atoms with E-state index >= 15 is 0 Å². The van der Waals surface area contributed by atoms with Crippen molar-refractivity contribution in [1.29, 1.82) is 0 Å². The molecule has 1 heterocycles. The molecule has 20 heavy (non-hydrogen) atoms. The number of amides is 1. The van der Waals surface area contributed by atoms with Crippen LogP contribution in [0.25, 0.3) is 0 Å². The molecule has 0 aromatic carbocycles. The topological polar surface area (TPSA) is 95.9 Å². The van der Waals surface area contributed by atoms with Gasteiger partial charge in [-0.25, -0.2) is 4.79 Å². The van der Waals surface area contributed by atoms with Gasteiger partial charge in [-0.3, -0.25) is 4.79 Å². The monoisotopic (exact) mass is 285 g/mol. The van der Waals surface area contributed by atoms with Crippen molar-refractivity contribution in [2.45, 2.75) is 63.2 Å². The standard InChI is InChI=1S/C14H23NO5/c1-9-4-6-14(8-16,7-5-9)15-12(17)10-2-3-11(20-10)13(18)19/h9-11,16H,2-8H2,1H3,(H,15,17)(H,18,19). The van der Waals surface area contributed by atoms with Gasteiger partial charge < -0.3 is 20.3 Å². The number of aliphatic hydroxyl groups is 1. The maximum Gasteiger partial charge on any atom is 0.332 e. The lowest BCUT2D eigenvalue weighted by molar-refractivity contribution is -0.152. The van der Waals surface area contributed by atoms with E-state index in [4.69, 9.17) is 9.84 Å². The molecule has 6 nitrogen and oxygen atoms in total. The van der Waals surface area contributed by atoms with Crippen LogP contribution in [0.2, 0.25) is 0 Å². The first-order valence-corrected chi connectivity index (χ1v) is 7.27. The molecule has 0 radical (unpaired) electrons. The van der Waals surface area contributed by atoms with E-state index in [1.165, 1.54) is 0 Å². The van der Waals surface area contributed by atoms with E-state index < -0.39 is 23.7 Å². The molecule has 1 saturated carbocycles. The Hall–Kier alpha value is -1.14. The Morgan fingerprint density at radius 2 is 1.80 bits per heavy atom. The van der Waals surface area contributed by atoms with Gasteiger partial charge >= 0.3 is 5.97 Å². The summed E-state index contributed by atoms with van der Waals surface area (Å²) < 4.78 is 5.24. The Morgan fingerprint density at radius 3 is 2.30 bits per heavy atom. The molecule has 2 atom stereocenters. The molecule has 1 aliphatic carbocycles. The highest BCUT2D eigenvalue weighted by atomic mass is 16.5. The van der Waals surface area contributed by atoms with Gasteiger partial charge in [0.15, 0.2) is 6.10 Å². The van der Waals surface area contributed by atoms with Crippen molar-refractivity contribution in [2.24, 2.45) is 5.92 Å². The van der Waals surface area contributed by atoms with E-state index in [0.717, 1.165) is 25.7 Å². The predicted molar refractivity (Wildman–Crippen MR) is 71.1 cm³/mol. The van der Waals surface area contributed by atoms with Crippen molar-refractivity contribution < 1.29 is 24.5 Å². The zero-order chi connectivity index (χ0) is 14.8. The van der Waals surface area contributed by atoms with Gasteiger partial charge in [0.25, 0.3) is 0 Å². The van der Waals surface area contributed by atoms with Crippen molar-refractivity contribution in [2.75, 3.05) is 6.61 Å². The lowest BCUT2D eigenvalue weighted by Crippen LogP contribution is -2.55. The van der Waals surface area contributed by atoms with Crippen molar-refractivity contribution in [3.63, 3.8) is 0 Å². The number of nitrogens with one attached hydrogen (secondary N) is 1. The number of ether oxygens (including phenoxy) is 1. The fraction of sp³-hybridized carbons (Fsp3) is 0.857. The molecule has 2 fully saturated rings. The molecule has 1 amide bonds. The number of hydrogen-bond donors (Lipinski definition) is 3. The van der Waals surface area contributed by atoms with Crippen LogP contribution in [0.15, 0.2) is 0 Å². The van der Waals surface area contributed by atoms with Crippen LogP contribution < -0.4 is 5.32 Å². The first-order valence-electron chi connectivity index (χ1n) is 7.27. The fourth-order valence-corrected chi connectivity index (χ4v) is 2.99. The highest BCUT2D eigenvalue weighted by Gasteiger charge is 2.40. The summed E-state index contributed by atoms with van der Waals surface area (Å²) in [5, 5.41) is 21.4. The van der Waals surface area contributed by atoms with Gasteiger partial charge in [-0.15, -0.1) is 0 Å². The third kappa shape index (κ3) is 3.30. The summed E-state index contributed by atoms with van der Waals surface area (Å²) in [7, 11) is 0. The van der Waals surface area contributed by atoms with Gasteiger partial charge in [-0.2, -0.15) is 0 Å². The number of carboxylic acid groups (broad SMARTS) is 1. The quantitative estimate of drug-likeness (QED) is 0.706. The lowest BCUT2D eigenvalue weighted by Gasteiger charge is -2.39. The molecule has 1 aliphatic heterocycles. The van der Waals surface area contributed by atoms with Crippen molar-refractivity contribution in [1.82, 2.24) is 5.32 Å². The van der Waals surface area contributed by atoms with E-state index in [0.29, 0.717) is 18.8 Å². The van der Waals surface area contributed by atoms with E-state index in [9.17, 15) is 14.7 Å². The number of carboxylic acids is 1. The maximum atomic E-state index is 12.2. The second-order valence-corrected chi connectivity index (χ2v) is 6.14. The SMILES string of the molecule is CC1CCC(CO)(NC(=O)C2CCC(C(=O)O)O2)CC1. The Balaban J connectivity index is 1.91. The highest BCUT2D eigenvalue weighted by Crippen LogP contribution is 2.32. The van der Waals surface area contributed by atoms with Gasteiger partial charge in [0, 0.05) is 0 Å². The molecule has 2 aliphatic rings. The average Bonchev–Trinajstić information content (AvgIpc) is 2.92. The third-order valence-corrected chi connectivity index (χ3v) is 4.51. The molecule has 6 heteroatoms. The summed E-state index contributed by atoms with van der Waals surface area (Å²) in [6, 6.07) is 0. The molecule has 2 rings (SSSR count). The number of rotatable bonds is 4. The Bertz CT molecular complexity index is 376. The average molecular weight is 285 g/mol. The lowest BCUT2D eigenvalue weighted by atomic mass is 9.77. The van der Waals surface area contributed by atoms with E-state index in [1.54, 1.807) is 0 Å². The van der Waals surface area contributed by atoms with Crippen LogP contribution in [0.5, 0.6) is 0 Å². The molecule has 1 saturated heterocycles. The van der Waals surface area contributed by atoms with Crippen molar-refractivity contribution >= 4 is 11.9 Å². The van der Waals surface area contributed by atoms with Crippen molar-refractivity contribution in [3.05, 3.63) is 0 Å². The minimum absolute atomic E-state index is 0.0828. The molecule has 0 aromatic rings. The summed E-state index contributed by atoms with van der Waals surface area (Å²) in [5.41, 5.74) is -0.561. The second kappa shape index (κ2) is 6.10. The second-order valence-electron chi connectivity index (χ2n) is 6.14. The summed E-state index contributed by atoms with van der Waals surface area (Å²) in [5.74, 6) is -0.702. The summed E-state index contributed by atoms with van der Waals surface area (Å²) in [6.45, 7) is 2.08. The smallest absolute Gasteiger partial charge is 0.332 e. The van der Waals surface area contributed by atoms with E-state index in [-0.39, 0.29) is 12.5 Å².